The van der Waals surface area contributed by atoms with Gasteiger partial charge >= 0.3 is 0 Å². The largest absolute Gasteiger partial charge is 0.374 e. The van der Waals surface area contributed by atoms with Gasteiger partial charge in [0, 0.05) is 31.1 Å². The molecule has 1 aliphatic rings. The van der Waals surface area contributed by atoms with E-state index in [9.17, 15) is 9.18 Å². The second-order valence-electron chi connectivity index (χ2n) is 6.17. The van der Waals surface area contributed by atoms with Gasteiger partial charge in [-0.1, -0.05) is 26.0 Å². The predicted molar refractivity (Wildman–Crippen MR) is 91.2 cm³/mol. The molecule has 1 atom stereocenters. The van der Waals surface area contributed by atoms with Crippen molar-refractivity contribution in [2.45, 2.75) is 24.8 Å². The molecule has 1 heterocycles. The van der Waals surface area contributed by atoms with Crippen LogP contribution in [0, 0.1) is 11.7 Å². The number of benzene rings is 1. The number of amides is 1. The quantitative estimate of drug-likeness (QED) is 0.774. The highest BCUT2D eigenvalue weighted by atomic mass is 32.2. The monoisotopic (exact) mass is 340 g/mol. The number of halogens is 1. The van der Waals surface area contributed by atoms with Gasteiger partial charge in [0.05, 0.1) is 18.5 Å². The van der Waals surface area contributed by atoms with Gasteiger partial charge in [-0.2, -0.15) is 0 Å². The molecule has 0 bridgehead atoms. The van der Waals surface area contributed by atoms with E-state index < -0.39 is 0 Å². The Kier molecular flexibility index (Phi) is 7.33. The van der Waals surface area contributed by atoms with Crippen LogP contribution in [0.4, 0.5) is 4.39 Å². The highest BCUT2D eigenvalue weighted by Crippen LogP contribution is 2.20. The molecule has 0 aromatic heterocycles. The Hall–Kier alpha value is -1.11. The summed E-state index contributed by atoms with van der Waals surface area (Å²) in [5.74, 6) is 0.456. The summed E-state index contributed by atoms with van der Waals surface area (Å²) in [6, 6.07) is 6.49. The van der Waals surface area contributed by atoms with Gasteiger partial charge in [0.15, 0.2) is 0 Å². The number of morpholine rings is 1. The van der Waals surface area contributed by atoms with Gasteiger partial charge < -0.3 is 10.1 Å². The van der Waals surface area contributed by atoms with E-state index in [4.69, 9.17) is 4.74 Å². The van der Waals surface area contributed by atoms with Crippen LogP contribution >= 0.6 is 11.8 Å². The van der Waals surface area contributed by atoms with Crippen molar-refractivity contribution >= 4 is 17.7 Å². The maximum atomic E-state index is 13.5. The minimum atomic E-state index is -0.287. The summed E-state index contributed by atoms with van der Waals surface area (Å²) >= 11 is 1.21. The molecule has 4 nitrogen and oxygen atoms in total. The van der Waals surface area contributed by atoms with E-state index in [0.717, 1.165) is 19.6 Å². The Balaban J connectivity index is 1.69. The lowest BCUT2D eigenvalue weighted by Gasteiger charge is -2.33. The van der Waals surface area contributed by atoms with Crippen molar-refractivity contribution < 1.29 is 13.9 Å². The average molecular weight is 340 g/mol. The number of ether oxygens (including phenoxy) is 1. The summed E-state index contributed by atoms with van der Waals surface area (Å²) in [5.41, 5.74) is 0. The van der Waals surface area contributed by atoms with Gasteiger partial charge in [-0.05, 0) is 18.1 Å². The Labute approximate surface area is 141 Å². The summed E-state index contributed by atoms with van der Waals surface area (Å²) in [4.78, 5) is 14.8. The van der Waals surface area contributed by atoms with Crippen LogP contribution < -0.4 is 5.32 Å². The molecule has 1 amide bonds. The van der Waals surface area contributed by atoms with Gasteiger partial charge in [-0.3, -0.25) is 9.69 Å². The molecular weight excluding hydrogens is 315 g/mol. The Morgan fingerprint density at radius 3 is 3.00 bits per heavy atom. The standard InChI is InChI=1S/C17H25FN2O2S/c1-13(2)10-20-7-8-22-14(11-20)9-19-17(21)12-23-16-6-4-3-5-15(16)18/h3-6,13-14H,7-12H2,1-2H3,(H,19,21). The number of hydrogen-bond acceptors (Lipinski definition) is 4. The number of carbonyl (C=O) groups is 1. The fraction of sp³-hybridized carbons (Fsp3) is 0.588. The van der Waals surface area contributed by atoms with Gasteiger partial charge in [0.25, 0.3) is 0 Å². The first-order chi connectivity index (χ1) is 11.0. The van der Waals surface area contributed by atoms with E-state index in [1.807, 2.05) is 0 Å². The molecule has 23 heavy (non-hydrogen) atoms. The SMILES string of the molecule is CC(C)CN1CCOC(CNC(=O)CSc2ccccc2F)C1. The number of hydrogen-bond donors (Lipinski definition) is 1. The molecule has 0 spiro atoms. The normalized spacial score (nSPS) is 19.0. The summed E-state index contributed by atoms with van der Waals surface area (Å²) in [5, 5.41) is 2.88. The predicted octanol–water partition coefficient (Wildman–Crippen LogP) is 2.39. The topological polar surface area (TPSA) is 41.6 Å². The second-order valence-corrected chi connectivity index (χ2v) is 7.19. The molecule has 1 fully saturated rings. The van der Waals surface area contributed by atoms with Crippen LogP contribution in [-0.2, 0) is 9.53 Å². The van der Waals surface area contributed by atoms with Gasteiger partial charge in [0.1, 0.15) is 5.82 Å². The van der Waals surface area contributed by atoms with Crippen LogP contribution in [0.1, 0.15) is 13.8 Å². The first kappa shape index (κ1) is 18.2. The smallest absolute Gasteiger partial charge is 0.230 e. The van der Waals surface area contributed by atoms with Crippen molar-refractivity contribution in [1.82, 2.24) is 10.2 Å². The van der Waals surface area contributed by atoms with Crippen LogP contribution in [0.3, 0.4) is 0 Å². The Morgan fingerprint density at radius 1 is 1.48 bits per heavy atom. The van der Waals surface area contributed by atoms with Gasteiger partial charge in [-0.25, -0.2) is 4.39 Å². The number of rotatable bonds is 7. The highest BCUT2D eigenvalue weighted by Gasteiger charge is 2.21. The van der Waals surface area contributed by atoms with Crippen molar-refractivity contribution in [3.05, 3.63) is 30.1 Å². The number of thioether (sulfide) groups is 1. The zero-order valence-electron chi connectivity index (χ0n) is 13.8. The molecule has 1 saturated heterocycles. The molecule has 2 rings (SSSR count). The number of nitrogens with zero attached hydrogens (tertiary/aromatic N) is 1. The van der Waals surface area contributed by atoms with Crippen LogP contribution in [0.2, 0.25) is 0 Å². The Bertz CT molecular complexity index is 513. The van der Waals surface area contributed by atoms with E-state index in [0.29, 0.717) is 24.0 Å². The molecule has 1 aliphatic heterocycles. The molecule has 1 unspecified atom stereocenters. The summed E-state index contributed by atoms with van der Waals surface area (Å²) < 4.78 is 19.2. The van der Waals surface area contributed by atoms with E-state index >= 15 is 0 Å². The minimum absolute atomic E-state index is 0.0323. The van der Waals surface area contributed by atoms with E-state index in [1.54, 1.807) is 18.2 Å². The molecule has 1 aromatic rings. The van der Waals surface area contributed by atoms with Crippen LogP contribution in [0.15, 0.2) is 29.2 Å². The molecule has 0 saturated carbocycles. The van der Waals surface area contributed by atoms with Crippen molar-refractivity contribution in [2.75, 3.05) is 38.5 Å². The fourth-order valence-electron chi connectivity index (χ4n) is 2.57. The van der Waals surface area contributed by atoms with Crippen LogP contribution in [-0.4, -0.2) is 55.4 Å². The number of carbonyl (C=O) groups excluding carboxylic acids is 1. The maximum absolute atomic E-state index is 13.5. The first-order valence-corrected chi connectivity index (χ1v) is 9.01. The third-order valence-corrected chi connectivity index (χ3v) is 4.62. The zero-order valence-corrected chi connectivity index (χ0v) is 14.6. The van der Waals surface area contributed by atoms with E-state index in [1.165, 1.54) is 17.8 Å². The van der Waals surface area contributed by atoms with Gasteiger partial charge in [0.2, 0.25) is 5.91 Å². The van der Waals surface area contributed by atoms with E-state index in [-0.39, 0.29) is 23.6 Å². The fourth-order valence-corrected chi connectivity index (χ4v) is 3.34. The summed E-state index contributed by atoms with van der Waals surface area (Å²) in [6.45, 7) is 8.46. The Morgan fingerprint density at radius 2 is 2.26 bits per heavy atom. The molecular formula is C17H25FN2O2S. The second kappa shape index (κ2) is 9.25. The summed E-state index contributed by atoms with van der Waals surface area (Å²) in [7, 11) is 0. The minimum Gasteiger partial charge on any atom is -0.374 e. The third-order valence-electron chi connectivity index (χ3n) is 3.57. The van der Waals surface area contributed by atoms with Crippen LogP contribution in [0.25, 0.3) is 0 Å². The molecule has 0 radical (unpaired) electrons. The number of nitrogens with one attached hydrogen (secondary N) is 1. The van der Waals surface area contributed by atoms with E-state index in [2.05, 4.69) is 24.1 Å². The van der Waals surface area contributed by atoms with Crippen LogP contribution in [0.5, 0.6) is 0 Å². The van der Waals surface area contributed by atoms with Gasteiger partial charge in [-0.15, -0.1) is 11.8 Å². The average Bonchev–Trinajstić information content (AvgIpc) is 2.52. The lowest BCUT2D eigenvalue weighted by molar-refractivity contribution is -0.119. The lowest BCUT2D eigenvalue weighted by Crippen LogP contribution is -2.48. The molecule has 6 heteroatoms. The van der Waals surface area contributed by atoms with Crippen molar-refractivity contribution in [2.24, 2.45) is 5.92 Å². The molecule has 0 aliphatic carbocycles. The molecule has 1 N–H and O–H groups in total. The first-order valence-electron chi connectivity index (χ1n) is 8.02. The lowest BCUT2D eigenvalue weighted by atomic mass is 10.2. The third kappa shape index (κ3) is 6.49. The molecule has 1 aromatic carbocycles. The highest BCUT2D eigenvalue weighted by molar-refractivity contribution is 8.00. The summed E-state index contributed by atoms with van der Waals surface area (Å²) in [6.07, 6.45) is 0.0323. The van der Waals surface area contributed by atoms with Crippen molar-refractivity contribution in [1.29, 1.82) is 0 Å². The van der Waals surface area contributed by atoms with Crippen molar-refractivity contribution in [3.63, 3.8) is 0 Å². The molecule has 128 valence electrons. The maximum Gasteiger partial charge on any atom is 0.230 e. The zero-order chi connectivity index (χ0) is 16.7. The van der Waals surface area contributed by atoms with Crippen molar-refractivity contribution in [3.8, 4) is 0 Å².